The second kappa shape index (κ2) is 9.30. The smallest absolute Gasteiger partial charge is 0.251 e. The molecule has 1 heterocycles. The fourth-order valence-corrected chi connectivity index (χ4v) is 4.09. The van der Waals surface area contributed by atoms with Gasteiger partial charge in [-0.15, -0.1) is 0 Å². The van der Waals surface area contributed by atoms with E-state index in [2.05, 4.69) is 15.5 Å². The van der Waals surface area contributed by atoms with Crippen molar-refractivity contribution >= 4 is 33.0 Å². The molecule has 0 aliphatic carbocycles. The Morgan fingerprint density at radius 2 is 1.73 bits per heavy atom. The Labute approximate surface area is 177 Å². The number of benzene rings is 2. The van der Waals surface area contributed by atoms with Gasteiger partial charge in [-0.1, -0.05) is 6.07 Å². The molecule has 8 heteroatoms. The van der Waals surface area contributed by atoms with Gasteiger partial charge >= 0.3 is 0 Å². The molecule has 1 atom stereocenters. The van der Waals surface area contributed by atoms with E-state index in [0.717, 1.165) is 30.7 Å². The van der Waals surface area contributed by atoms with Crippen molar-refractivity contribution in [3.8, 4) is 0 Å². The predicted molar refractivity (Wildman–Crippen MR) is 118 cm³/mol. The largest absolute Gasteiger partial charge is 0.371 e. The summed E-state index contributed by atoms with van der Waals surface area (Å²) in [6.45, 7) is 3.82. The Morgan fingerprint density at radius 1 is 1.07 bits per heavy atom. The zero-order chi connectivity index (χ0) is 21.7. The highest BCUT2D eigenvalue weighted by atomic mass is 32.2. The van der Waals surface area contributed by atoms with E-state index in [1.165, 1.54) is 37.1 Å². The summed E-state index contributed by atoms with van der Waals surface area (Å²) in [5, 5.41) is 5.66. The Morgan fingerprint density at radius 3 is 2.37 bits per heavy atom. The zero-order valence-corrected chi connectivity index (χ0v) is 18.0. The highest BCUT2D eigenvalue weighted by Crippen LogP contribution is 2.23. The number of hydrogen-bond donors (Lipinski definition) is 2. The van der Waals surface area contributed by atoms with E-state index in [1.807, 2.05) is 24.3 Å². The predicted octanol–water partition coefficient (Wildman–Crippen LogP) is 2.84. The maximum absolute atomic E-state index is 12.4. The second-order valence-electron chi connectivity index (χ2n) is 7.67. The normalized spacial score (nSPS) is 14.9. The summed E-state index contributed by atoms with van der Waals surface area (Å²) in [5.74, 6) is -0.542. The van der Waals surface area contributed by atoms with Gasteiger partial charge in [0.05, 0.1) is 4.90 Å². The van der Waals surface area contributed by atoms with Crippen molar-refractivity contribution in [1.82, 2.24) is 5.32 Å². The summed E-state index contributed by atoms with van der Waals surface area (Å²) in [6.07, 6.45) is 3.61. The summed E-state index contributed by atoms with van der Waals surface area (Å²) >= 11 is 0. The highest BCUT2D eigenvalue weighted by molar-refractivity contribution is 7.90. The highest BCUT2D eigenvalue weighted by Gasteiger charge is 2.16. The molecule has 0 spiro atoms. The molecule has 2 aromatic carbocycles. The summed E-state index contributed by atoms with van der Waals surface area (Å²) in [4.78, 5) is 27.2. The first-order valence-corrected chi connectivity index (χ1v) is 11.9. The first-order chi connectivity index (χ1) is 14.2. The molecule has 0 aromatic heterocycles. The summed E-state index contributed by atoms with van der Waals surface area (Å²) in [7, 11) is -3.31. The SMILES string of the molecule is CC(CC(=O)Nc1cccc(N2CCCC2)c1)NC(=O)c1ccc(S(C)(=O)=O)cc1. The van der Waals surface area contributed by atoms with Crippen molar-refractivity contribution in [2.75, 3.05) is 29.6 Å². The number of carbonyl (C=O) groups is 2. The van der Waals surface area contributed by atoms with E-state index in [-0.39, 0.29) is 29.2 Å². The quantitative estimate of drug-likeness (QED) is 0.706. The standard InChI is InChI=1S/C22H27N3O4S/c1-16(23-22(27)17-8-10-20(11-9-17)30(2,28)29)14-21(26)24-18-6-5-7-19(15-18)25-12-3-4-13-25/h5-11,15-16H,3-4,12-14H2,1-2H3,(H,23,27)(H,24,26). The molecular formula is C22H27N3O4S. The average molecular weight is 430 g/mol. The van der Waals surface area contributed by atoms with E-state index in [4.69, 9.17) is 0 Å². The molecule has 7 nitrogen and oxygen atoms in total. The monoisotopic (exact) mass is 429 g/mol. The molecule has 2 N–H and O–H groups in total. The lowest BCUT2D eigenvalue weighted by Crippen LogP contribution is -2.35. The molecule has 1 aliphatic rings. The van der Waals surface area contributed by atoms with Crippen LogP contribution in [0.1, 0.15) is 36.5 Å². The van der Waals surface area contributed by atoms with Crippen molar-refractivity contribution < 1.29 is 18.0 Å². The van der Waals surface area contributed by atoms with Gasteiger partial charge in [0.2, 0.25) is 5.91 Å². The number of nitrogens with one attached hydrogen (secondary N) is 2. The van der Waals surface area contributed by atoms with Crippen LogP contribution >= 0.6 is 0 Å². The molecule has 0 bridgehead atoms. The van der Waals surface area contributed by atoms with E-state index >= 15 is 0 Å². The van der Waals surface area contributed by atoms with Crippen molar-refractivity contribution in [1.29, 1.82) is 0 Å². The first kappa shape index (κ1) is 21.8. The minimum Gasteiger partial charge on any atom is -0.371 e. The lowest BCUT2D eigenvalue weighted by molar-refractivity contribution is -0.116. The van der Waals surface area contributed by atoms with E-state index in [1.54, 1.807) is 6.92 Å². The van der Waals surface area contributed by atoms with Gasteiger partial charge in [0.1, 0.15) is 0 Å². The number of amides is 2. The van der Waals surface area contributed by atoms with Crippen LogP contribution in [-0.4, -0.2) is 45.6 Å². The van der Waals surface area contributed by atoms with Gasteiger partial charge in [0.15, 0.2) is 9.84 Å². The average Bonchev–Trinajstić information content (AvgIpc) is 3.22. The maximum atomic E-state index is 12.4. The molecule has 3 rings (SSSR count). The molecule has 1 unspecified atom stereocenters. The van der Waals surface area contributed by atoms with Crippen LogP contribution < -0.4 is 15.5 Å². The number of sulfone groups is 1. The number of hydrogen-bond acceptors (Lipinski definition) is 5. The van der Waals surface area contributed by atoms with Crippen LogP contribution in [0.25, 0.3) is 0 Å². The molecule has 2 amide bonds. The van der Waals surface area contributed by atoms with E-state index < -0.39 is 9.84 Å². The van der Waals surface area contributed by atoms with Crippen LogP contribution in [0, 0.1) is 0 Å². The van der Waals surface area contributed by atoms with E-state index in [0.29, 0.717) is 5.56 Å². The molecular weight excluding hydrogens is 402 g/mol. The summed E-state index contributed by atoms with van der Waals surface area (Å²) in [6, 6.07) is 13.1. The van der Waals surface area contributed by atoms with Crippen molar-refractivity contribution in [3.05, 3.63) is 54.1 Å². The number of rotatable bonds is 7. The van der Waals surface area contributed by atoms with Gasteiger partial charge in [-0.3, -0.25) is 9.59 Å². The Balaban J connectivity index is 1.53. The van der Waals surface area contributed by atoms with Crippen molar-refractivity contribution in [2.24, 2.45) is 0 Å². The third-order valence-electron chi connectivity index (χ3n) is 5.01. The minimum atomic E-state index is -3.31. The fourth-order valence-electron chi connectivity index (χ4n) is 3.46. The molecule has 0 radical (unpaired) electrons. The third kappa shape index (κ3) is 5.82. The van der Waals surface area contributed by atoms with Crippen molar-refractivity contribution in [3.63, 3.8) is 0 Å². The van der Waals surface area contributed by atoms with Gasteiger partial charge in [-0.05, 0) is 62.2 Å². The Hall–Kier alpha value is -2.87. The molecule has 0 saturated carbocycles. The number of anilines is 2. The lowest BCUT2D eigenvalue weighted by Gasteiger charge is -2.19. The molecule has 1 saturated heterocycles. The van der Waals surface area contributed by atoms with Gasteiger partial charge in [0, 0.05) is 48.7 Å². The zero-order valence-electron chi connectivity index (χ0n) is 17.2. The van der Waals surface area contributed by atoms with Gasteiger partial charge in [-0.25, -0.2) is 8.42 Å². The molecule has 1 fully saturated rings. The first-order valence-electron chi connectivity index (χ1n) is 9.98. The second-order valence-corrected chi connectivity index (χ2v) is 9.68. The maximum Gasteiger partial charge on any atom is 0.251 e. The molecule has 2 aromatic rings. The van der Waals surface area contributed by atoms with Crippen LogP contribution in [0.3, 0.4) is 0 Å². The molecule has 1 aliphatic heterocycles. The van der Waals surface area contributed by atoms with Crippen LogP contribution in [0.2, 0.25) is 0 Å². The lowest BCUT2D eigenvalue weighted by atomic mass is 10.1. The Bertz CT molecular complexity index is 1010. The van der Waals surface area contributed by atoms with Gasteiger partial charge in [0.25, 0.3) is 5.91 Å². The molecule has 30 heavy (non-hydrogen) atoms. The van der Waals surface area contributed by atoms with Crippen LogP contribution in [0.5, 0.6) is 0 Å². The van der Waals surface area contributed by atoms with E-state index in [9.17, 15) is 18.0 Å². The summed E-state index contributed by atoms with van der Waals surface area (Å²) < 4.78 is 23.0. The Kier molecular flexibility index (Phi) is 6.77. The van der Waals surface area contributed by atoms with Crippen LogP contribution in [0.4, 0.5) is 11.4 Å². The van der Waals surface area contributed by atoms with Crippen LogP contribution in [-0.2, 0) is 14.6 Å². The van der Waals surface area contributed by atoms with Crippen molar-refractivity contribution in [2.45, 2.75) is 37.1 Å². The fraction of sp³-hybridized carbons (Fsp3) is 0.364. The van der Waals surface area contributed by atoms with Gasteiger partial charge in [-0.2, -0.15) is 0 Å². The minimum absolute atomic E-state index is 0.126. The van der Waals surface area contributed by atoms with Gasteiger partial charge < -0.3 is 15.5 Å². The number of nitrogens with zero attached hydrogens (tertiary/aromatic N) is 1. The number of carbonyl (C=O) groups excluding carboxylic acids is 2. The molecule has 160 valence electrons. The topological polar surface area (TPSA) is 95.6 Å². The van der Waals surface area contributed by atoms with Crippen LogP contribution in [0.15, 0.2) is 53.4 Å². The third-order valence-corrected chi connectivity index (χ3v) is 6.14. The summed E-state index contributed by atoms with van der Waals surface area (Å²) in [5.41, 5.74) is 2.18.